The van der Waals surface area contributed by atoms with E-state index in [1.807, 2.05) is 6.92 Å². The number of furan rings is 1. The third-order valence-electron chi connectivity index (χ3n) is 6.47. The van der Waals surface area contributed by atoms with Crippen molar-refractivity contribution >= 4 is 38.5 Å². The Balaban J connectivity index is 2.13. The molecule has 0 saturated carbocycles. The van der Waals surface area contributed by atoms with Gasteiger partial charge in [0, 0.05) is 18.4 Å². The molecule has 36 heavy (non-hydrogen) atoms. The average molecular weight is 524 g/mol. The van der Waals surface area contributed by atoms with Crippen LogP contribution in [-0.2, 0) is 21.2 Å². The predicted octanol–water partition coefficient (Wildman–Crippen LogP) is 4.29. The smallest absolute Gasteiger partial charge is 0.309 e. The largest absolute Gasteiger partial charge is 0.481 e. The lowest BCUT2D eigenvalue weighted by molar-refractivity contribution is -0.147. The number of pyridine rings is 1. The molecule has 2 heterocycles. The van der Waals surface area contributed by atoms with Gasteiger partial charge in [-0.2, -0.15) is 4.98 Å². The predicted molar refractivity (Wildman–Crippen MR) is 137 cm³/mol. The van der Waals surface area contributed by atoms with Gasteiger partial charge >= 0.3 is 5.97 Å². The first-order valence-corrected chi connectivity index (χ1v) is 13.7. The molecule has 3 rings (SSSR count). The first-order chi connectivity index (χ1) is 16.8. The Kier molecular flexibility index (Phi) is 8.27. The van der Waals surface area contributed by atoms with Gasteiger partial charge in [0.2, 0.25) is 15.7 Å². The number of hydrogen-bond acceptors (Lipinski definition) is 7. The molecule has 0 amide bonds. The van der Waals surface area contributed by atoms with Gasteiger partial charge in [-0.3, -0.25) is 14.4 Å². The fourth-order valence-electron chi connectivity index (χ4n) is 4.21. The summed E-state index contributed by atoms with van der Waals surface area (Å²) in [5.74, 6) is -0.617. The molecule has 198 valence electrons. The molecule has 0 bridgehead atoms. The maximum absolute atomic E-state index is 13.6. The van der Waals surface area contributed by atoms with E-state index in [1.165, 1.54) is 10.4 Å². The fraction of sp³-hybridized carbons (Fsp3) is 0.520. The zero-order valence-electron chi connectivity index (χ0n) is 21.3. The second-order valence-corrected chi connectivity index (χ2v) is 11.6. The Morgan fingerprint density at radius 1 is 1.33 bits per heavy atom. The van der Waals surface area contributed by atoms with Crippen molar-refractivity contribution in [3.8, 4) is 0 Å². The van der Waals surface area contributed by atoms with Crippen molar-refractivity contribution in [2.75, 3.05) is 24.2 Å². The summed E-state index contributed by atoms with van der Waals surface area (Å²) >= 11 is 0. The number of aliphatic carboxylic acids is 1. The first-order valence-electron chi connectivity index (χ1n) is 11.9. The third-order valence-corrected chi connectivity index (χ3v) is 7.63. The zero-order valence-corrected chi connectivity index (χ0v) is 22.1. The maximum Gasteiger partial charge on any atom is 0.309 e. The number of carbonyl (C=O) groups is 1. The van der Waals surface area contributed by atoms with Gasteiger partial charge in [-0.15, -0.1) is 0 Å². The van der Waals surface area contributed by atoms with Crippen molar-refractivity contribution in [3.63, 3.8) is 0 Å². The van der Waals surface area contributed by atoms with Gasteiger partial charge < -0.3 is 14.6 Å². The van der Waals surface area contributed by atoms with Crippen LogP contribution in [0.5, 0.6) is 0 Å². The lowest BCUT2D eigenvalue weighted by Crippen LogP contribution is -2.34. The first kappa shape index (κ1) is 27.8. The molecule has 11 heteroatoms. The minimum atomic E-state index is -3.75. The molecular formula is C25H34FN3O6S. The summed E-state index contributed by atoms with van der Waals surface area (Å²) in [4.78, 5) is 16.0. The molecule has 1 atom stereocenters. The number of allylic oxidation sites excluding steroid dienone is 4. The highest BCUT2D eigenvalue weighted by molar-refractivity contribution is 7.92. The minimum absolute atomic E-state index is 0.0514. The Morgan fingerprint density at radius 3 is 2.56 bits per heavy atom. The molecule has 0 spiro atoms. The molecule has 1 unspecified atom stereocenters. The number of aliphatic hydroxyl groups excluding tert-OH is 1. The van der Waals surface area contributed by atoms with Crippen molar-refractivity contribution in [1.29, 1.82) is 0 Å². The van der Waals surface area contributed by atoms with Crippen LogP contribution in [0.25, 0.3) is 16.7 Å². The summed E-state index contributed by atoms with van der Waals surface area (Å²) in [7, 11) is -2.16. The number of nitrogens with one attached hydrogen (secondary N) is 1. The van der Waals surface area contributed by atoms with Crippen molar-refractivity contribution in [2.24, 2.45) is 5.41 Å². The lowest BCUT2D eigenvalue weighted by atomic mass is 9.88. The molecule has 2 aromatic rings. The number of aryl methyl sites for hydroxylation is 1. The summed E-state index contributed by atoms with van der Waals surface area (Å²) in [5, 5.41) is 23.4. The molecule has 2 aromatic heterocycles. The van der Waals surface area contributed by atoms with Crippen LogP contribution in [0, 0.1) is 5.41 Å². The molecule has 1 aliphatic rings. The summed E-state index contributed by atoms with van der Waals surface area (Å²) < 4.78 is 46.4. The van der Waals surface area contributed by atoms with Crippen molar-refractivity contribution in [1.82, 2.24) is 10.3 Å². The van der Waals surface area contributed by atoms with Crippen molar-refractivity contribution in [3.05, 3.63) is 40.9 Å². The van der Waals surface area contributed by atoms with E-state index >= 15 is 0 Å². The Labute approximate surface area is 210 Å². The van der Waals surface area contributed by atoms with E-state index in [2.05, 4.69) is 10.3 Å². The molecule has 1 aliphatic carbocycles. The van der Waals surface area contributed by atoms with E-state index in [9.17, 15) is 27.8 Å². The van der Waals surface area contributed by atoms with Crippen LogP contribution in [0.15, 0.2) is 28.5 Å². The van der Waals surface area contributed by atoms with Crippen molar-refractivity contribution in [2.45, 2.75) is 59.1 Å². The standard InChI is InChI=1S/C25H34FN3O6S/c1-6-15-14-18-19(22(30)27-4)20(16-8-10-17(26)11-9-16)35-23(18)28-21(15)29(36(5,33)34)13-7-12-25(2,3)24(31)32/h8,10,14,22,27,30H,6-7,9,11-13H2,1-5H3,(H,31,32). The second kappa shape index (κ2) is 10.7. The Hall–Kier alpha value is -2.76. The van der Waals surface area contributed by atoms with Crippen LogP contribution in [0.4, 0.5) is 10.2 Å². The summed E-state index contributed by atoms with van der Waals surface area (Å²) in [6, 6.07) is 1.76. The normalized spacial score (nSPS) is 15.5. The Bertz CT molecular complexity index is 1310. The van der Waals surface area contributed by atoms with Gasteiger partial charge in [-0.05, 0) is 69.9 Å². The van der Waals surface area contributed by atoms with Gasteiger partial charge in [-0.1, -0.05) is 13.0 Å². The molecule has 3 N–H and O–H groups in total. The van der Waals surface area contributed by atoms with Crippen LogP contribution >= 0.6 is 0 Å². The van der Waals surface area contributed by atoms with Crippen LogP contribution < -0.4 is 9.62 Å². The number of nitrogens with zero attached hydrogens (tertiary/aromatic N) is 2. The zero-order chi connectivity index (χ0) is 26.8. The van der Waals surface area contributed by atoms with Crippen LogP contribution in [0.1, 0.15) is 69.6 Å². The SMILES string of the molecule is CCc1cc2c(C(O)NC)c(C3=CC=C(F)CC3)oc2nc1N(CCCC(C)(C)C(=O)O)S(C)(=O)=O. The number of anilines is 1. The van der Waals surface area contributed by atoms with E-state index < -0.39 is 27.6 Å². The van der Waals surface area contributed by atoms with Gasteiger partial charge in [-0.25, -0.2) is 12.8 Å². The number of halogens is 1. The number of carboxylic acids is 1. The van der Waals surface area contributed by atoms with Gasteiger partial charge in [0.1, 0.15) is 23.6 Å². The number of hydrogen-bond donors (Lipinski definition) is 3. The van der Waals surface area contributed by atoms with Gasteiger partial charge in [0.15, 0.2) is 0 Å². The molecule has 9 nitrogen and oxygen atoms in total. The van der Waals surface area contributed by atoms with E-state index in [-0.39, 0.29) is 36.7 Å². The highest BCUT2D eigenvalue weighted by atomic mass is 32.2. The average Bonchev–Trinajstić information content (AvgIpc) is 3.18. The summed E-state index contributed by atoms with van der Waals surface area (Å²) in [6.45, 7) is 5.12. The molecule has 0 radical (unpaired) electrons. The number of fused-ring (bicyclic) bond motifs is 1. The third kappa shape index (κ3) is 5.79. The maximum atomic E-state index is 13.6. The van der Waals surface area contributed by atoms with Crippen molar-refractivity contribution < 1.29 is 32.2 Å². The summed E-state index contributed by atoms with van der Waals surface area (Å²) in [6.07, 6.45) is 4.61. The topological polar surface area (TPSA) is 133 Å². The van der Waals surface area contributed by atoms with Gasteiger partial charge in [0.05, 0.1) is 17.2 Å². The lowest BCUT2D eigenvalue weighted by Gasteiger charge is -2.25. The Morgan fingerprint density at radius 2 is 2.03 bits per heavy atom. The monoisotopic (exact) mass is 523 g/mol. The number of carboxylic acid groups (broad SMARTS) is 1. The van der Waals surface area contributed by atoms with Crippen LogP contribution in [-0.4, -0.2) is 49.4 Å². The molecule has 0 aliphatic heterocycles. The highest BCUT2D eigenvalue weighted by Gasteiger charge is 2.30. The van der Waals surface area contributed by atoms with Crippen LogP contribution in [0.2, 0.25) is 0 Å². The van der Waals surface area contributed by atoms with E-state index in [4.69, 9.17) is 4.42 Å². The highest BCUT2D eigenvalue weighted by Crippen LogP contribution is 2.39. The van der Waals surface area contributed by atoms with E-state index in [0.717, 1.165) is 6.26 Å². The minimum Gasteiger partial charge on any atom is -0.481 e. The molecule has 0 fully saturated rings. The van der Waals surface area contributed by atoms with Gasteiger partial charge in [0.25, 0.3) is 0 Å². The number of sulfonamides is 1. The quantitative estimate of drug-likeness (QED) is 0.372. The van der Waals surface area contributed by atoms with Crippen LogP contribution in [0.3, 0.4) is 0 Å². The molecule has 0 saturated heterocycles. The number of rotatable bonds is 11. The molecular weight excluding hydrogens is 489 g/mol. The van der Waals surface area contributed by atoms with E-state index in [1.54, 1.807) is 33.0 Å². The fourth-order valence-corrected chi connectivity index (χ4v) is 5.14. The second-order valence-electron chi connectivity index (χ2n) is 9.65. The summed E-state index contributed by atoms with van der Waals surface area (Å²) in [5.41, 5.74) is 0.943. The molecule has 0 aromatic carbocycles. The number of aromatic nitrogens is 1. The number of aliphatic hydroxyl groups is 1. The van der Waals surface area contributed by atoms with E-state index in [0.29, 0.717) is 47.1 Å².